The van der Waals surface area contributed by atoms with Gasteiger partial charge in [-0.2, -0.15) is 0 Å². The fourth-order valence-electron chi connectivity index (χ4n) is 7.89. The van der Waals surface area contributed by atoms with Gasteiger partial charge in [-0.3, -0.25) is 19.2 Å². The van der Waals surface area contributed by atoms with Gasteiger partial charge in [0.1, 0.15) is 22.8 Å². The molecule has 0 amide bonds. The number of Topliss-reactive ketones (excluding diaryl/α,β-unsaturated/α-hetero) is 3. The first-order chi connectivity index (χ1) is 19.7. The predicted octanol–water partition coefficient (Wildman–Crippen LogP) is 5.04. The largest absolute Gasteiger partial charge is 0.511 e. The number of aliphatic hydroxyl groups excluding tert-OH is 2. The highest BCUT2D eigenvalue weighted by Gasteiger charge is 2.71. The second-order valence-electron chi connectivity index (χ2n) is 14.6. The van der Waals surface area contributed by atoms with Crippen LogP contribution in [0, 0.1) is 28.1 Å². The van der Waals surface area contributed by atoms with E-state index in [1.54, 1.807) is 33.8 Å². The van der Waals surface area contributed by atoms with E-state index in [1.165, 1.54) is 0 Å². The minimum Gasteiger partial charge on any atom is -0.511 e. The lowest BCUT2D eigenvalue weighted by Gasteiger charge is -2.59. The number of carbonyl (C=O) groups is 4. The number of phenolic OH excluding ortho intramolecular Hbond substituents is 1. The number of rotatable bonds is 6. The van der Waals surface area contributed by atoms with Crippen molar-refractivity contribution in [3.05, 3.63) is 51.0 Å². The number of benzene rings is 1. The van der Waals surface area contributed by atoms with Crippen LogP contribution in [0.4, 0.5) is 0 Å². The number of aryl methyl sites for hydroxylation is 1. The summed E-state index contributed by atoms with van der Waals surface area (Å²) in [5.74, 6) is -6.17. The Bertz CT molecular complexity index is 1500. The van der Waals surface area contributed by atoms with E-state index in [-0.39, 0.29) is 53.9 Å². The Morgan fingerprint density at radius 2 is 1.70 bits per heavy atom. The molecule has 9 heteroatoms. The van der Waals surface area contributed by atoms with E-state index in [2.05, 4.69) is 0 Å². The number of phenols is 1. The quantitative estimate of drug-likeness (QED) is 0.261. The van der Waals surface area contributed by atoms with Crippen LogP contribution in [0.25, 0.3) is 0 Å². The zero-order valence-corrected chi connectivity index (χ0v) is 26.6. The highest BCUT2D eigenvalue weighted by molar-refractivity contribution is 6.25. The maximum Gasteiger partial charge on any atom is 0.310 e. The number of fused-ring (bicyclic) bond motifs is 3. The molecule has 1 unspecified atom stereocenters. The van der Waals surface area contributed by atoms with E-state index >= 15 is 0 Å². The zero-order valence-electron chi connectivity index (χ0n) is 26.6. The Balaban J connectivity index is 1.94. The Morgan fingerprint density at radius 3 is 2.21 bits per heavy atom. The minimum atomic E-state index is -2.67. The molecule has 0 heterocycles. The monoisotopic (exact) mass is 596 g/mol. The molecule has 9 nitrogen and oxygen atoms in total. The Morgan fingerprint density at radius 1 is 1.09 bits per heavy atom. The van der Waals surface area contributed by atoms with E-state index in [0.717, 1.165) is 12.5 Å². The minimum absolute atomic E-state index is 0.0235. The molecule has 0 bridgehead atoms. The van der Waals surface area contributed by atoms with Crippen molar-refractivity contribution < 1.29 is 44.3 Å². The molecule has 234 valence electrons. The van der Waals surface area contributed by atoms with Gasteiger partial charge in [-0.15, -0.1) is 0 Å². The summed E-state index contributed by atoms with van der Waals surface area (Å²) in [7, 11) is 0. The molecule has 0 fully saturated rings. The first kappa shape index (κ1) is 32.5. The number of hydrogen-bond donors (Lipinski definition) is 4. The van der Waals surface area contributed by atoms with Gasteiger partial charge in [0, 0.05) is 27.9 Å². The highest BCUT2D eigenvalue weighted by Crippen LogP contribution is 2.65. The number of hydrogen-bond acceptors (Lipinski definition) is 9. The van der Waals surface area contributed by atoms with Crippen molar-refractivity contribution in [1.82, 2.24) is 0 Å². The predicted molar refractivity (Wildman–Crippen MR) is 159 cm³/mol. The number of esters is 1. The highest BCUT2D eigenvalue weighted by atomic mass is 16.5. The van der Waals surface area contributed by atoms with Gasteiger partial charge >= 0.3 is 5.97 Å². The molecule has 0 aliphatic heterocycles. The third-order valence-corrected chi connectivity index (χ3v) is 9.56. The summed E-state index contributed by atoms with van der Waals surface area (Å²) in [4.78, 5) is 53.4. The molecule has 4 N–H and O–H groups in total. The number of ketones is 3. The number of aliphatic hydroxyl groups is 3. The summed E-state index contributed by atoms with van der Waals surface area (Å²) >= 11 is 0. The third-order valence-electron chi connectivity index (χ3n) is 9.56. The fourth-order valence-corrected chi connectivity index (χ4v) is 7.89. The number of carbonyl (C=O) groups excluding carboxylic acids is 4. The van der Waals surface area contributed by atoms with Crippen LogP contribution < -0.4 is 0 Å². The normalized spacial score (nSPS) is 29.0. The molecule has 4 rings (SSSR count). The van der Waals surface area contributed by atoms with Crippen molar-refractivity contribution in [1.29, 1.82) is 0 Å². The van der Waals surface area contributed by atoms with Crippen LogP contribution >= 0.6 is 0 Å². The number of allylic oxidation sites excluding steroid dienone is 2. The molecule has 0 aromatic heterocycles. The van der Waals surface area contributed by atoms with Crippen LogP contribution in [0.5, 0.6) is 5.75 Å². The summed E-state index contributed by atoms with van der Waals surface area (Å²) in [5, 5.41) is 46.6. The van der Waals surface area contributed by atoms with Gasteiger partial charge < -0.3 is 25.2 Å². The summed E-state index contributed by atoms with van der Waals surface area (Å²) in [6, 6.07) is 1.70. The van der Waals surface area contributed by atoms with Crippen LogP contribution in [0.15, 0.2) is 28.7 Å². The first-order valence-corrected chi connectivity index (χ1v) is 14.9. The third kappa shape index (κ3) is 4.71. The van der Waals surface area contributed by atoms with E-state index in [1.807, 2.05) is 27.7 Å². The Kier molecular flexibility index (Phi) is 7.79. The topological polar surface area (TPSA) is 158 Å². The van der Waals surface area contributed by atoms with Crippen molar-refractivity contribution in [2.75, 3.05) is 6.61 Å². The number of ether oxygens (including phenoxy) is 1. The van der Waals surface area contributed by atoms with Crippen LogP contribution in [0.2, 0.25) is 0 Å². The molecule has 1 aromatic rings. The lowest BCUT2D eigenvalue weighted by atomic mass is 9.44. The van der Waals surface area contributed by atoms with Crippen LogP contribution in [-0.2, 0) is 38.4 Å². The summed E-state index contributed by atoms with van der Waals surface area (Å²) in [6.07, 6.45) is 0.421. The van der Waals surface area contributed by atoms with Gasteiger partial charge in [0.25, 0.3) is 0 Å². The Hall–Kier alpha value is -3.46. The lowest BCUT2D eigenvalue weighted by molar-refractivity contribution is -0.171. The van der Waals surface area contributed by atoms with Crippen LogP contribution in [0.3, 0.4) is 0 Å². The van der Waals surface area contributed by atoms with E-state index in [0.29, 0.717) is 12.0 Å². The van der Waals surface area contributed by atoms with Crippen molar-refractivity contribution >= 4 is 23.3 Å². The van der Waals surface area contributed by atoms with Gasteiger partial charge in [-0.05, 0) is 48.6 Å². The summed E-state index contributed by atoms with van der Waals surface area (Å²) in [6.45, 7) is 15.9. The lowest BCUT2D eigenvalue weighted by Crippen LogP contribution is -2.67. The molecule has 0 radical (unpaired) electrons. The van der Waals surface area contributed by atoms with Crippen LogP contribution in [-0.4, -0.2) is 56.0 Å². The van der Waals surface area contributed by atoms with Crippen molar-refractivity contribution in [3.8, 4) is 5.75 Å². The van der Waals surface area contributed by atoms with Gasteiger partial charge in [0.15, 0.2) is 17.2 Å². The van der Waals surface area contributed by atoms with Gasteiger partial charge in [-0.1, -0.05) is 61.5 Å². The molecule has 0 saturated carbocycles. The standard InChI is InChI=1S/C34H44O9/c1-10-18-11-19(12-21(36)43-15-31(5,6)7)26(37)23-20(18)13-32(8)14-33(9)24(16(2)3)27(38)22(17(4)35)29(40)34(33,42)30(41)25(32)28(23)39/h11,16,24,37-38,41-42H,10,12-15H2,1-9H3/t24?,32-,33-,34+/m1/s1. The number of aromatic hydroxyl groups is 1. The molecule has 3 aliphatic rings. The molecule has 0 spiro atoms. The Labute approximate surface area is 252 Å². The van der Waals surface area contributed by atoms with Gasteiger partial charge in [0.05, 0.1) is 18.6 Å². The van der Waals surface area contributed by atoms with Gasteiger partial charge in [0.2, 0.25) is 5.78 Å². The van der Waals surface area contributed by atoms with Crippen molar-refractivity contribution in [2.45, 2.75) is 93.6 Å². The second-order valence-corrected chi connectivity index (χ2v) is 14.6. The zero-order chi connectivity index (χ0) is 32.6. The van der Waals surface area contributed by atoms with Crippen LogP contribution in [0.1, 0.15) is 95.8 Å². The average Bonchev–Trinajstić information content (AvgIpc) is 2.85. The molecule has 43 heavy (non-hydrogen) atoms. The maximum atomic E-state index is 14.3. The first-order valence-electron chi connectivity index (χ1n) is 14.9. The summed E-state index contributed by atoms with van der Waals surface area (Å²) < 4.78 is 5.38. The summed E-state index contributed by atoms with van der Waals surface area (Å²) in [5.41, 5.74) is -4.90. The van der Waals surface area contributed by atoms with E-state index < -0.39 is 68.5 Å². The molecular weight excluding hydrogens is 552 g/mol. The molecular formula is C34H44O9. The van der Waals surface area contributed by atoms with Gasteiger partial charge in [-0.25, -0.2) is 0 Å². The second kappa shape index (κ2) is 10.3. The van der Waals surface area contributed by atoms with Crippen molar-refractivity contribution in [3.63, 3.8) is 0 Å². The molecule has 4 atom stereocenters. The maximum absolute atomic E-state index is 14.3. The van der Waals surface area contributed by atoms with E-state index in [4.69, 9.17) is 4.74 Å². The molecule has 0 saturated heterocycles. The molecule has 3 aliphatic carbocycles. The van der Waals surface area contributed by atoms with E-state index in [9.17, 15) is 39.6 Å². The average molecular weight is 597 g/mol. The smallest absolute Gasteiger partial charge is 0.310 e. The molecule has 1 aromatic carbocycles. The SMILES string of the molecule is CCc1cc(CC(=O)OCC(C)(C)C)c(O)c2c1C[C@]1(C)C[C@]3(C)C(C(C)C)C(O)=C(C(C)=O)C(=O)[C@]3(O)C(O)=C1C2=O. The van der Waals surface area contributed by atoms with Crippen molar-refractivity contribution in [2.24, 2.45) is 28.1 Å². The fraction of sp³-hybridized carbons (Fsp3) is 0.588.